The first kappa shape index (κ1) is 20.8. The van der Waals surface area contributed by atoms with Gasteiger partial charge in [-0.1, -0.05) is 29.9 Å². The maximum atomic E-state index is 10.1. The molecule has 0 spiro atoms. The van der Waals surface area contributed by atoms with E-state index in [0.29, 0.717) is 18.2 Å². The van der Waals surface area contributed by atoms with Crippen molar-refractivity contribution in [2.24, 2.45) is 0 Å². The molecule has 7 heteroatoms. The number of hydrogen-bond donors (Lipinski definition) is 1. The number of ether oxygens (including phenoxy) is 3. The summed E-state index contributed by atoms with van der Waals surface area (Å²) in [4.78, 5) is 7.05. The van der Waals surface area contributed by atoms with Crippen LogP contribution in [0.3, 0.4) is 0 Å². The summed E-state index contributed by atoms with van der Waals surface area (Å²) < 4.78 is 18.8. The maximum absolute atomic E-state index is 10.1. The van der Waals surface area contributed by atoms with Crippen molar-refractivity contribution in [3.05, 3.63) is 90.6 Å². The number of methoxy groups -OCH3 is 1. The molecule has 168 valence electrons. The number of phenols is 1. The second-order valence-corrected chi connectivity index (χ2v) is 7.89. The Balaban J connectivity index is 1.74. The van der Waals surface area contributed by atoms with E-state index >= 15 is 0 Å². The fraction of sp³-hybridized carbons (Fsp3) is 0.192. The van der Waals surface area contributed by atoms with Crippen molar-refractivity contribution in [3.8, 4) is 22.8 Å². The average molecular weight is 444 g/mol. The minimum Gasteiger partial charge on any atom is -0.504 e. The van der Waals surface area contributed by atoms with Gasteiger partial charge >= 0.3 is 0 Å². The van der Waals surface area contributed by atoms with Crippen LogP contribution in [-0.4, -0.2) is 28.1 Å². The van der Waals surface area contributed by atoms with Crippen LogP contribution in [0.2, 0.25) is 0 Å². The summed E-state index contributed by atoms with van der Waals surface area (Å²) in [5.41, 5.74) is 4.67. The van der Waals surface area contributed by atoms with Gasteiger partial charge in [0.25, 0.3) is 0 Å². The Morgan fingerprint density at radius 2 is 2.12 bits per heavy atom. The summed E-state index contributed by atoms with van der Waals surface area (Å²) in [5, 5.41) is 10.1. The lowest BCUT2D eigenvalue weighted by molar-refractivity contribution is 0.248. The van der Waals surface area contributed by atoms with E-state index in [0.717, 1.165) is 41.3 Å². The number of fused-ring (bicyclic) bond motifs is 1. The molecule has 1 aliphatic carbocycles. The van der Waals surface area contributed by atoms with E-state index in [4.69, 9.17) is 19.2 Å². The molecule has 0 atom stereocenters. The van der Waals surface area contributed by atoms with Crippen LogP contribution in [0, 0.1) is 6.92 Å². The van der Waals surface area contributed by atoms with Crippen molar-refractivity contribution in [2.75, 3.05) is 18.6 Å². The molecule has 3 aromatic rings. The Morgan fingerprint density at radius 1 is 1.21 bits per heavy atom. The smallest absolute Gasteiger partial charge is 0.236 e. The number of phenolic OH excluding ortho intramolecular Hbond substituents is 1. The third-order valence-corrected chi connectivity index (χ3v) is 5.74. The van der Waals surface area contributed by atoms with Gasteiger partial charge < -0.3 is 19.3 Å². The van der Waals surface area contributed by atoms with Gasteiger partial charge in [0.2, 0.25) is 5.88 Å². The third kappa shape index (κ3) is 3.93. The number of anilines is 1. The molecule has 0 saturated carbocycles. The van der Waals surface area contributed by atoms with Gasteiger partial charge in [0, 0.05) is 17.8 Å². The van der Waals surface area contributed by atoms with E-state index in [1.54, 1.807) is 18.4 Å². The van der Waals surface area contributed by atoms with Gasteiger partial charge in [-0.3, -0.25) is 9.30 Å². The van der Waals surface area contributed by atoms with Crippen LogP contribution in [0.5, 0.6) is 11.5 Å². The molecule has 1 aliphatic heterocycles. The number of benzene rings is 1. The van der Waals surface area contributed by atoms with E-state index in [9.17, 15) is 5.11 Å². The number of imidazole rings is 1. The van der Waals surface area contributed by atoms with Gasteiger partial charge in [-0.2, -0.15) is 0 Å². The fourth-order valence-electron chi connectivity index (χ4n) is 4.13. The predicted molar refractivity (Wildman–Crippen MR) is 127 cm³/mol. The highest BCUT2D eigenvalue weighted by atomic mass is 16.5. The molecule has 33 heavy (non-hydrogen) atoms. The summed E-state index contributed by atoms with van der Waals surface area (Å²) in [5.74, 6) is 1.87. The van der Waals surface area contributed by atoms with E-state index in [2.05, 4.69) is 27.5 Å². The van der Waals surface area contributed by atoms with Crippen molar-refractivity contribution in [1.29, 1.82) is 0 Å². The summed E-state index contributed by atoms with van der Waals surface area (Å²) >= 11 is 0. The number of hydrogen-bond acceptors (Lipinski definition) is 6. The normalized spacial score (nSPS) is 15.0. The molecule has 1 aromatic carbocycles. The predicted octanol–water partition coefficient (Wildman–Crippen LogP) is 5.42. The van der Waals surface area contributed by atoms with Crippen LogP contribution < -0.4 is 9.64 Å². The molecular weight excluding hydrogens is 418 g/mol. The number of aromatic nitrogens is 2. The van der Waals surface area contributed by atoms with Crippen LogP contribution in [-0.2, 0) is 9.47 Å². The van der Waals surface area contributed by atoms with Gasteiger partial charge in [-0.15, -0.1) is 0 Å². The largest absolute Gasteiger partial charge is 0.504 e. The summed E-state index contributed by atoms with van der Waals surface area (Å²) in [7, 11) is 1.54. The molecule has 0 saturated heterocycles. The van der Waals surface area contributed by atoms with Crippen molar-refractivity contribution in [2.45, 2.75) is 19.8 Å². The second-order valence-electron chi connectivity index (χ2n) is 7.89. The molecule has 1 N–H and O–H groups in total. The minimum atomic E-state index is 0.0793. The van der Waals surface area contributed by atoms with Crippen LogP contribution in [0.1, 0.15) is 18.5 Å². The van der Waals surface area contributed by atoms with E-state index < -0.39 is 0 Å². The number of aromatic hydroxyl groups is 1. The van der Waals surface area contributed by atoms with Crippen molar-refractivity contribution >= 4 is 11.5 Å². The highest BCUT2D eigenvalue weighted by Crippen LogP contribution is 2.39. The number of nitrogens with zero attached hydrogens (tertiary/aromatic N) is 3. The number of pyridine rings is 1. The number of allylic oxidation sites excluding steroid dienone is 3. The molecule has 7 nitrogen and oxygen atoms in total. The van der Waals surface area contributed by atoms with Crippen molar-refractivity contribution < 1.29 is 19.3 Å². The Bertz CT molecular complexity index is 1320. The molecule has 5 rings (SSSR count). The number of rotatable bonds is 6. The van der Waals surface area contributed by atoms with Crippen LogP contribution in [0.25, 0.3) is 16.9 Å². The van der Waals surface area contributed by atoms with Gasteiger partial charge in [0.1, 0.15) is 29.7 Å². The Morgan fingerprint density at radius 3 is 2.88 bits per heavy atom. The fourth-order valence-corrected chi connectivity index (χ4v) is 4.13. The lowest BCUT2D eigenvalue weighted by Gasteiger charge is -2.29. The Kier molecular flexibility index (Phi) is 5.52. The molecule has 2 aromatic heterocycles. The lowest BCUT2D eigenvalue weighted by Crippen LogP contribution is -2.29. The molecule has 0 radical (unpaired) electrons. The van der Waals surface area contributed by atoms with Gasteiger partial charge in [0.05, 0.1) is 7.11 Å². The molecule has 2 aliphatic rings. The Labute approximate surface area is 192 Å². The van der Waals surface area contributed by atoms with E-state index in [-0.39, 0.29) is 5.75 Å². The number of aryl methyl sites for hydroxylation is 1. The monoisotopic (exact) mass is 443 g/mol. The third-order valence-electron chi connectivity index (χ3n) is 5.74. The van der Waals surface area contributed by atoms with Gasteiger partial charge in [-0.25, -0.2) is 4.98 Å². The first-order valence-electron chi connectivity index (χ1n) is 10.8. The molecular formula is C26H25N3O4. The zero-order valence-electron chi connectivity index (χ0n) is 18.6. The second kappa shape index (κ2) is 8.78. The molecule has 0 unspecified atom stereocenters. The highest BCUT2D eigenvalue weighted by molar-refractivity contribution is 5.80. The minimum absolute atomic E-state index is 0.0793. The summed E-state index contributed by atoms with van der Waals surface area (Å²) in [6.07, 6.45) is 13.0. The molecule has 0 bridgehead atoms. The zero-order chi connectivity index (χ0) is 22.8. The standard InChI is InChI=1S/C26H25N3O4/c1-18-7-6-10-23-27-25(20-11-12-21(30)22(15-20)31-2)26(29(18)23)28(24-17-32-13-14-33-24)16-19-8-4-3-5-9-19/h3-4,6-8,10-15,17,30H,5,9,16H2,1-2H3. The summed E-state index contributed by atoms with van der Waals surface area (Å²) in [6.45, 7) is 2.66. The van der Waals surface area contributed by atoms with E-state index in [1.165, 1.54) is 25.2 Å². The Hall–Kier alpha value is -4.13. The van der Waals surface area contributed by atoms with Crippen LogP contribution >= 0.6 is 0 Å². The topological polar surface area (TPSA) is 68.5 Å². The zero-order valence-corrected chi connectivity index (χ0v) is 18.6. The van der Waals surface area contributed by atoms with Gasteiger partial charge in [0.15, 0.2) is 17.8 Å². The maximum Gasteiger partial charge on any atom is 0.236 e. The van der Waals surface area contributed by atoms with Crippen LogP contribution in [0.15, 0.2) is 84.9 Å². The molecule has 3 heterocycles. The van der Waals surface area contributed by atoms with E-state index in [1.807, 2.05) is 31.2 Å². The lowest BCUT2D eigenvalue weighted by atomic mass is 10.0. The average Bonchev–Trinajstić information content (AvgIpc) is 3.25. The first-order valence-corrected chi connectivity index (χ1v) is 10.8. The quantitative estimate of drug-likeness (QED) is 0.548. The van der Waals surface area contributed by atoms with Crippen LogP contribution in [0.4, 0.5) is 5.82 Å². The SMILES string of the molecule is COc1cc(-c2nc3cccc(C)n3c2N(CC2=CC=CCC2)C2=COC=CO2)ccc1O. The molecule has 0 fully saturated rings. The summed E-state index contributed by atoms with van der Waals surface area (Å²) in [6, 6.07) is 11.3. The van der Waals surface area contributed by atoms with Gasteiger partial charge in [-0.05, 0) is 50.1 Å². The molecule has 0 amide bonds. The first-order chi connectivity index (χ1) is 16.2. The van der Waals surface area contributed by atoms with Crippen molar-refractivity contribution in [1.82, 2.24) is 9.38 Å². The van der Waals surface area contributed by atoms with Crippen molar-refractivity contribution in [3.63, 3.8) is 0 Å². The highest BCUT2D eigenvalue weighted by Gasteiger charge is 2.27.